The molecule has 0 aliphatic heterocycles. The van der Waals surface area contributed by atoms with Crippen LogP contribution in [0.4, 0.5) is 0 Å². The van der Waals surface area contributed by atoms with Crippen molar-refractivity contribution in [1.82, 2.24) is 4.98 Å². The van der Waals surface area contributed by atoms with Crippen LogP contribution in [0.3, 0.4) is 0 Å². The fraction of sp³-hybridized carbons (Fsp3) is 0.300. The van der Waals surface area contributed by atoms with Crippen molar-refractivity contribution in [3.05, 3.63) is 52.5 Å². The van der Waals surface area contributed by atoms with E-state index in [0.29, 0.717) is 6.61 Å². The third-order valence-electron chi connectivity index (χ3n) is 4.23. The average molecular weight is 387 g/mol. The monoisotopic (exact) mass is 386 g/mol. The topological polar surface area (TPSA) is 51.0 Å². The van der Waals surface area contributed by atoms with Gasteiger partial charge in [-0.3, -0.25) is 0 Å². The van der Waals surface area contributed by atoms with E-state index in [-0.39, 0.29) is 0 Å². The van der Waals surface area contributed by atoms with E-state index in [4.69, 9.17) is 10.5 Å². The molecule has 0 saturated heterocycles. The summed E-state index contributed by atoms with van der Waals surface area (Å²) in [5.74, 6) is 0.906. The number of H-pyrrole nitrogens is 1. The lowest BCUT2D eigenvalue weighted by Gasteiger charge is -2.07. The van der Waals surface area contributed by atoms with Gasteiger partial charge in [0.25, 0.3) is 0 Å². The maximum atomic E-state index is 5.67. The number of halogens is 1. The molecule has 0 atom stereocenters. The Balaban J connectivity index is 2.04. The zero-order valence-corrected chi connectivity index (χ0v) is 15.5. The largest absolute Gasteiger partial charge is 0.494 e. The van der Waals surface area contributed by atoms with Crippen molar-refractivity contribution >= 4 is 26.8 Å². The van der Waals surface area contributed by atoms with Gasteiger partial charge in [-0.15, -0.1) is 0 Å². The van der Waals surface area contributed by atoms with Crippen molar-refractivity contribution in [1.29, 1.82) is 0 Å². The Labute approximate surface area is 151 Å². The summed E-state index contributed by atoms with van der Waals surface area (Å²) < 4.78 is 6.65. The van der Waals surface area contributed by atoms with Crippen LogP contribution in [-0.4, -0.2) is 18.1 Å². The van der Waals surface area contributed by atoms with Crippen molar-refractivity contribution in [2.45, 2.75) is 26.2 Å². The average Bonchev–Trinajstić information content (AvgIpc) is 2.96. The Bertz CT molecular complexity index is 808. The zero-order chi connectivity index (χ0) is 16.9. The van der Waals surface area contributed by atoms with Crippen LogP contribution in [0, 0.1) is 0 Å². The van der Waals surface area contributed by atoms with Crippen molar-refractivity contribution in [3.8, 4) is 17.0 Å². The highest BCUT2D eigenvalue weighted by molar-refractivity contribution is 9.10. The molecule has 1 heterocycles. The maximum Gasteiger partial charge on any atom is 0.119 e. The smallest absolute Gasteiger partial charge is 0.119 e. The number of aromatic nitrogens is 1. The van der Waals surface area contributed by atoms with E-state index in [1.807, 2.05) is 19.1 Å². The summed E-state index contributed by atoms with van der Waals surface area (Å²) in [4.78, 5) is 3.61. The molecule has 0 fully saturated rings. The Morgan fingerprint density at radius 1 is 1.08 bits per heavy atom. The Kier molecular flexibility index (Phi) is 5.59. The molecule has 3 aromatic rings. The maximum absolute atomic E-state index is 5.67. The number of hydrogen-bond acceptors (Lipinski definition) is 2. The molecule has 0 amide bonds. The molecule has 3 nitrogen and oxygen atoms in total. The van der Waals surface area contributed by atoms with Crippen LogP contribution < -0.4 is 10.5 Å². The van der Waals surface area contributed by atoms with Gasteiger partial charge in [-0.25, -0.2) is 0 Å². The number of aryl methyl sites for hydroxylation is 1. The van der Waals surface area contributed by atoms with Crippen LogP contribution in [0.5, 0.6) is 5.75 Å². The third kappa shape index (κ3) is 3.50. The van der Waals surface area contributed by atoms with Crippen LogP contribution in [0.25, 0.3) is 22.2 Å². The predicted molar refractivity (Wildman–Crippen MR) is 105 cm³/mol. The van der Waals surface area contributed by atoms with Crippen LogP contribution in [-0.2, 0) is 6.42 Å². The summed E-state index contributed by atoms with van der Waals surface area (Å²) in [6.07, 6.45) is 3.17. The van der Waals surface area contributed by atoms with E-state index >= 15 is 0 Å². The van der Waals surface area contributed by atoms with Crippen LogP contribution in [0.15, 0.2) is 46.9 Å². The number of rotatable bonds is 7. The minimum absolute atomic E-state index is 0.684. The minimum Gasteiger partial charge on any atom is -0.494 e. The molecule has 3 rings (SSSR count). The first-order valence-electron chi connectivity index (χ1n) is 8.47. The van der Waals surface area contributed by atoms with Gasteiger partial charge in [0.15, 0.2) is 0 Å². The molecule has 3 N–H and O–H groups in total. The Morgan fingerprint density at radius 2 is 1.88 bits per heavy atom. The van der Waals surface area contributed by atoms with E-state index in [1.165, 1.54) is 22.2 Å². The van der Waals surface area contributed by atoms with Gasteiger partial charge >= 0.3 is 0 Å². The molecule has 0 saturated carbocycles. The number of hydrogen-bond donors (Lipinski definition) is 2. The number of nitrogens with one attached hydrogen (secondary N) is 1. The van der Waals surface area contributed by atoms with Gasteiger partial charge in [0.1, 0.15) is 5.75 Å². The fourth-order valence-electron chi connectivity index (χ4n) is 3.07. The van der Waals surface area contributed by atoms with Crippen LogP contribution >= 0.6 is 15.9 Å². The minimum atomic E-state index is 0.684. The first-order valence-corrected chi connectivity index (χ1v) is 9.26. The highest BCUT2D eigenvalue weighted by Crippen LogP contribution is 2.35. The first kappa shape index (κ1) is 17.1. The SMILES string of the molecule is CCOc1ccc(-c2[nH]c3c(Br)cccc3c2CCCCN)cc1. The number of aromatic amines is 1. The molecule has 0 aliphatic rings. The molecule has 0 spiro atoms. The zero-order valence-electron chi connectivity index (χ0n) is 13.9. The molecule has 0 bridgehead atoms. The summed E-state index contributed by atoms with van der Waals surface area (Å²) in [6, 6.07) is 14.7. The molecule has 0 unspecified atom stereocenters. The van der Waals surface area contributed by atoms with E-state index in [1.54, 1.807) is 0 Å². The normalized spacial score (nSPS) is 11.1. The fourth-order valence-corrected chi connectivity index (χ4v) is 3.54. The highest BCUT2D eigenvalue weighted by Gasteiger charge is 2.14. The summed E-state index contributed by atoms with van der Waals surface area (Å²) in [5, 5.41) is 1.28. The van der Waals surface area contributed by atoms with Crippen molar-refractivity contribution < 1.29 is 4.74 Å². The lowest BCUT2D eigenvalue weighted by molar-refractivity contribution is 0.340. The molecular formula is C20H23BrN2O. The second-order valence-corrected chi connectivity index (χ2v) is 6.70. The van der Waals surface area contributed by atoms with Crippen LogP contribution in [0.1, 0.15) is 25.3 Å². The molecule has 0 aliphatic carbocycles. The molecule has 1 aromatic heterocycles. The van der Waals surface area contributed by atoms with Gasteiger partial charge in [-0.05, 0) is 90.1 Å². The Morgan fingerprint density at radius 3 is 2.58 bits per heavy atom. The second kappa shape index (κ2) is 7.86. The van der Waals surface area contributed by atoms with Gasteiger partial charge in [-0.1, -0.05) is 12.1 Å². The number of benzene rings is 2. The molecule has 2 aromatic carbocycles. The second-order valence-electron chi connectivity index (χ2n) is 5.84. The molecular weight excluding hydrogens is 364 g/mol. The number of para-hydroxylation sites is 1. The van der Waals surface area contributed by atoms with Gasteiger partial charge in [0.05, 0.1) is 12.1 Å². The van der Waals surface area contributed by atoms with Gasteiger partial charge in [-0.2, -0.15) is 0 Å². The third-order valence-corrected chi connectivity index (χ3v) is 4.89. The van der Waals surface area contributed by atoms with E-state index < -0.39 is 0 Å². The molecule has 126 valence electrons. The van der Waals surface area contributed by atoms with Gasteiger partial charge < -0.3 is 15.5 Å². The quantitative estimate of drug-likeness (QED) is 0.542. The summed E-state index contributed by atoms with van der Waals surface area (Å²) in [6.45, 7) is 3.42. The van der Waals surface area contributed by atoms with Crippen molar-refractivity contribution in [2.75, 3.05) is 13.2 Å². The van der Waals surface area contributed by atoms with E-state index in [2.05, 4.69) is 51.2 Å². The highest BCUT2D eigenvalue weighted by atomic mass is 79.9. The molecule has 4 heteroatoms. The van der Waals surface area contributed by atoms with Crippen molar-refractivity contribution in [2.24, 2.45) is 5.73 Å². The Hall–Kier alpha value is -1.78. The molecule has 24 heavy (non-hydrogen) atoms. The standard InChI is InChI=1S/C20H23BrN2O/c1-2-24-15-11-9-14(10-12-15)19-16(6-3-4-13-22)17-7-5-8-18(21)20(17)23-19/h5,7-12,23H,2-4,6,13,22H2,1H3. The van der Waals surface area contributed by atoms with Crippen molar-refractivity contribution in [3.63, 3.8) is 0 Å². The number of nitrogens with two attached hydrogens (primary N) is 1. The van der Waals surface area contributed by atoms with Gasteiger partial charge in [0.2, 0.25) is 0 Å². The number of fused-ring (bicyclic) bond motifs is 1. The predicted octanol–water partition coefficient (Wildman–Crippen LogP) is 5.28. The molecule has 0 radical (unpaired) electrons. The lowest BCUT2D eigenvalue weighted by atomic mass is 10.0. The van der Waals surface area contributed by atoms with E-state index in [9.17, 15) is 0 Å². The number of unbranched alkanes of at least 4 members (excludes halogenated alkanes) is 1. The first-order chi connectivity index (χ1) is 11.7. The summed E-state index contributed by atoms with van der Waals surface area (Å²) in [5.41, 5.74) is 10.6. The summed E-state index contributed by atoms with van der Waals surface area (Å²) in [7, 11) is 0. The van der Waals surface area contributed by atoms with Crippen LogP contribution in [0.2, 0.25) is 0 Å². The summed E-state index contributed by atoms with van der Waals surface area (Å²) >= 11 is 3.66. The number of ether oxygens (including phenoxy) is 1. The van der Waals surface area contributed by atoms with Gasteiger partial charge in [0, 0.05) is 15.6 Å². The van der Waals surface area contributed by atoms with E-state index in [0.717, 1.165) is 41.5 Å². The lowest BCUT2D eigenvalue weighted by Crippen LogP contribution is -1.99.